The Morgan fingerprint density at radius 1 is 1.36 bits per heavy atom. The summed E-state index contributed by atoms with van der Waals surface area (Å²) in [7, 11) is 0. The molecule has 8 heteroatoms. The molecule has 0 radical (unpaired) electrons. The molecule has 1 aromatic rings. The van der Waals surface area contributed by atoms with Gasteiger partial charge in [-0.25, -0.2) is 4.21 Å². The number of carbonyl (C=O) groups excluding carboxylic acids is 1. The third-order valence-corrected chi connectivity index (χ3v) is 3.70. The predicted molar refractivity (Wildman–Crippen MR) is 83.5 cm³/mol. The van der Waals surface area contributed by atoms with E-state index in [2.05, 4.69) is 4.90 Å². The van der Waals surface area contributed by atoms with Crippen LogP contribution in [0.2, 0.25) is 5.02 Å². The number of halogens is 1. The van der Waals surface area contributed by atoms with Gasteiger partial charge in [-0.15, -0.1) is 0 Å². The summed E-state index contributed by atoms with van der Waals surface area (Å²) in [6.45, 7) is 4.06. The molecular formula is C14H19ClNNaO4S. The smallest absolute Gasteiger partial charge is 0.750 e. The quantitative estimate of drug-likeness (QED) is 0.468. The first-order valence-corrected chi connectivity index (χ1v) is 8.14. The van der Waals surface area contributed by atoms with E-state index in [-0.39, 0.29) is 35.5 Å². The largest absolute Gasteiger partial charge is 1.00 e. The van der Waals surface area contributed by atoms with Crippen molar-refractivity contribution in [2.24, 2.45) is 0 Å². The van der Waals surface area contributed by atoms with E-state index in [4.69, 9.17) is 24.9 Å². The van der Waals surface area contributed by atoms with Crippen molar-refractivity contribution in [3.63, 3.8) is 0 Å². The number of rotatable bonds is 3. The summed E-state index contributed by atoms with van der Waals surface area (Å²) in [5, 5.41) is 0.762. The van der Waals surface area contributed by atoms with Gasteiger partial charge >= 0.3 is 29.6 Å². The summed E-state index contributed by atoms with van der Waals surface area (Å²) in [5.74, 6) is -0.0806. The van der Waals surface area contributed by atoms with Gasteiger partial charge in [-0.2, -0.15) is 0 Å². The molecule has 118 valence electrons. The van der Waals surface area contributed by atoms with E-state index in [0.29, 0.717) is 0 Å². The monoisotopic (exact) mass is 355 g/mol. The third kappa shape index (κ3) is 7.55. The minimum absolute atomic E-state index is 0. The van der Waals surface area contributed by atoms with Crippen LogP contribution in [0.15, 0.2) is 18.2 Å². The van der Waals surface area contributed by atoms with Gasteiger partial charge in [0.1, 0.15) is 6.29 Å². The molecule has 2 rings (SSSR count). The van der Waals surface area contributed by atoms with Crippen LogP contribution in [0.25, 0.3) is 0 Å². The van der Waals surface area contributed by atoms with E-state index >= 15 is 0 Å². The van der Waals surface area contributed by atoms with Crippen LogP contribution in [0.5, 0.6) is 0 Å². The zero-order valence-corrected chi connectivity index (χ0v) is 16.4. The number of hydrogen-bond acceptors (Lipinski definition) is 4. The van der Waals surface area contributed by atoms with E-state index in [9.17, 15) is 4.79 Å². The van der Waals surface area contributed by atoms with E-state index in [1.807, 2.05) is 25.1 Å². The summed E-state index contributed by atoms with van der Waals surface area (Å²) < 4.78 is 24.1. The molecule has 2 unspecified atom stereocenters. The van der Waals surface area contributed by atoms with Gasteiger partial charge < -0.3 is 18.8 Å². The molecule has 1 aliphatic heterocycles. The Labute approximate surface area is 160 Å². The first-order valence-electron chi connectivity index (χ1n) is 6.73. The van der Waals surface area contributed by atoms with Crippen LogP contribution in [-0.2, 0) is 16.2 Å². The van der Waals surface area contributed by atoms with Crippen molar-refractivity contribution >= 4 is 34.9 Å². The predicted octanol–water partition coefficient (Wildman–Crippen LogP) is -0.0248. The van der Waals surface area contributed by atoms with Crippen molar-refractivity contribution in [3.05, 3.63) is 28.8 Å². The van der Waals surface area contributed by atoms with Gasteiger partial charge in [-0.3, -0.25) is 0 Å². The SMILES string of the molecule is CC(C=O)c1ccc(N2CCCCC2)c(Cl)c1.O=S([O-])O.[Na+]. The number of aldehydes is 1. The van der Waals surface area contributed by atoms with Gasteiger partial charge in [0.05, 0.1) is 22.1 Å². The molecule has 1 saturated heterocycles. The molecule has 0 bridgehead atoms. The van der Waals surface area contributed by atoms with Gasteiger partial charge in [0, 0.05) is 19.0 Å². The summed E-state index contributed by atoms with van der Waals surface area (Å²) in [4.78, 5) is 13.1. The Hall–Kier alpha value is 0.0500. The Kier molecular flexibility index (Phi) is 11.6. The van der Waals surface area contributed by atoms with Crippen LogP contribution in [0, 0.1) is 0 Å². The molecule has 2 atom stereocenters. The minimum Gasteiger partial charge on any atom is -0.750 e. The number of carbonyl (C=O) groups is 1. The average Bonchev–Trinajstić information content (AvgIpc) is 2.46. The zero-order valence-electron chi connectivity index (χ0n) is 12.8. The fourth-order valence-electron chi connectivity index (χ4n) is 2.28. The topological polar surface area (TPSA) is 80.7 Å². The maximum Gasteiger partial charge on any atom is 1.00 e. The molecule has 1 heterocycles. The summed E-state index contributed by atoms with van der Waals surface area (Å²) in [6, 6.07) is 5.97. The summed E-state index contributed by atoms with van der Waals surface area (Å²) in [6.07, 6.45) is 4.74. The standard InChI is InChI=1S/C14H18ClNO.Na.H2O3S/c1-11(10-17)12-5-6-14(13(15)9-12)16-7-3-2-4-8-16;;1-4(2)3/h5-6,9-11H,2-4,7-8H2,1H3;;(H2,1,2,3)/q;+1;/p-1. The molecule has 1 aromatic carbocycles. The third-order valence-electron chi connectivity index (χ3n) is 3.40. The van der Waals surface area contributed by atoms with Crippen LogP contribution >= 0.6 is 11.6 Å². The fraction of sp³-hybridized carbons (Fsp3) is 0.500. The normalized spacial score (nSPS) is 16.6. The maximum atomic E-state index is 10.7. The van der Waals surface area contributed by atoms with Gasteiger partial charge in [-0.1, -0.05) is 24.6 Å². The first kappa shape index (κ1) is 22.1. The van der Waals surface area contributed by atoms with Gasteiger partial charge in [-0.05, 0) is 37.0 Å². The van der Waals surface area contributed by atoms with Crippen molar-refractivity contribution < 1.29 is 47.7 Å². The number of piperidine rings is 1. The minimum atomic E-state index is -2.86. The van der Waals surface area contributed by atoms with E-state index < -0.39 is 11.4 Å². The van der Waals surface area contributed by atoms with Crippen molar-refractivity contribution in [3.8, 4) is 0 Å². The Morgan fingerprint density at radius 3 is 2.36 bits per heavy atom. The van der Waals surface area contributed by atoms with Crippen molar-refractivity contribution in [2.45, 2.75) is 32.1 Å². The van der Waals surface area contributed by atoms with Gasteiger partial charge in [0.15, 0.2) is 0 Å². The summed E-state index contributed by atoms with van der Waals surface area (Å²) in [5.41, 5.74) is 2.10. The van der Waals surface area contributed by atoms with Crippen LogP contribution in [-0.4, -0.2) is 32.7 Å². The second kappa shape index (κ2) is 11.6. The Bertz CT molecular complexity index is 494. The second-order valence-corrected chi connectivity index (χ2v) is 5.74. The van der Waals surface area contributed by atoms with Crippen molar-refractivity contribution in [1.82, 2.24) is 0 Å². The molecular weight excluding hydrogens is 337 g/mol. The molecule has 0 spiro atoms. The molecule has 22 heavy (non-hydrogen) atoms. The molecule has 0 aliphatic carbocycles. The first-order chi connectivity index (χ1) is 9.95. The van der Waals surface area contributed by atoms with Crippen LogP contribution in [0.1, 0.15) is 37.7 Å². The zero-order chi connectivity index (χ0) is 15.8. The average molecular weight is 356 g/mol. The molecule has 0 aromatic heterocycles. The second-order valence-electron chi connectivity index (χ2n) is 4.90. The molecule has 5 nitrogen and oxygen atoms in total. The van der Waals surface area contributed by atoms with E-state index in [0.717, 1.165) is 35.6 Å². The van der Waals surface area contributed by atoms with Crippen molar-refractivity contribution in [2.75, 3.05) is 18.0 Å². The Morgan fingerprint density at radius 2 is 1.91 bits per heavy atom. The molecule has 1 aliphatic rings. The van der Waals surface area contributed by atoms with E-state index in [1.165, 1.54) is 19.3 Å². The van der Waals surface area contributed by atoms with Crippen LogP contribution in [0.3, 0.4) is 0 Å². The maximum absolute atomic E-state index is 10.7. The van der Waals surface area contributed by atoms with Gasteiger partial charge in [0.2, 0.25) is 0 Å². The number of hydrogen-bond donors (Lipinski definition) is 1. The molecule has 0 saturated carbocycles. The van der Waals surface area contributed by atoms with Crippen LogP contribution in [0.4, 0.5) is 5.69 Å². The fourth-order valence-corrected chi connectivity index (χ4v) is 2.58. The number of benzene rings is 1. The summed E-state index contributed by atoms with van der Waals surface area (Å²) >= 11 is 3.45. The van der Waals surface area contributed by atoms with Crippen molar-refractivity contribution in [1.29, 1.82) is 0 Å². The number of nitrogens with zero attached hydrogens (tertiary/aromatic N) is 1. The number of anilines is 1. The van der Waals surface area contributed by atoms with Crippen LogP contribution < -0.4 is 34.5 Å². The molecule has 1 N–H and O–H groups in total. The molecule has 1 fully saturated rings. The molecule has 0 amide bonds. The Balaban J connectivity index is 0.000000791. The van der Waals surface area contributed by atoms with E-state index in [1.54, 1.807) is 0 Å². The van der Waals surface area contributed by atoms with Gasteiger partial charge in [0.25, 0.3) is 0 Å².